The molecule has 0 spiro atoms. The van der Waals surface area contributed by atoms with Crippen LogP contribution >= 0.6 is 0 Å². The van der Waals surface area contributed by atoms with Crippen molar-refractivity contribution in [2.24, 2.45) is 0 Å². The average molecular weight is 275 g/mol. The maximum absolute atomic E-state index is 12.4. The van der Waals surface area contributed by atoms with Crippen LogP contribution in [0.4, 0.5) is 5.69 Å². The number of nitrogen functional groups attached to an aromatic ring is 1. The summed E-state index contributed by atoms with van der Waals surface area (Å²) >= 11 is 0. The van der Waals surface area contributed by atoms with Crippen molar-refractivity contribution in [3.63, 3.8) is 0 Å². The molecule has 0 aliphatic heterocycles. The molecule has 0 unspecified atom stereocenters. The summed E-state index contributed by atoms with van der Waals surface area (Å²) in [5.41, 5.74) is 8.96. The number of sulfone groups is 1. The van der Waals surface area contributed by atoms with E-state index in [1.54, 1.807) is 18.2 Å². The zero-order valence-electron chi connectivity index (χ0n) is 11.1. The first-order valence-corrected chi connectivity index (χ1v) is 7.69. The lowest BCUT2D eigenvalue weighted by molar-refractivity contribution is 0.595. The van der Waals surface area contributed by atoms with Gasteiger partial charge in [0.1, 0.15) is 0 Å². The zero-order chi connectivity index (χ0) is 14.0. The molecule has 0 aliphatic carbocycles. The third kappa shape index (κ3) is 2.96. The highest BCUT2D eigenvalue weighted by Gasteiger charge is 2.17. The van der Waals surface area contributed by atoms with Crippen LogP contribution in [0.25, 0.3) is 0 Å². The fourth-order valence-corrected chi connectivity index (χ4v) is 3.66. The van der Waals surface area contributed by atoms with Crippen molar-refractivity contribution < 1.29 is 8.42 Å². The molecule has 4 heteroatoms. The first-order chi connectivity index (χ1) is 8.90. The van der Waals surface area contributed by atoms with Crippen LogP contribution in [-0.2, 0) is 15.6 Å². The van der Waals surface area contributed by atoms with Crippen molar-refractivity contribution in [2.45, 2.75) is 24.5 Å². The van der Waals surface area contributed by atoms with Crippen LogP contribution in [0.15, 0.2) is 47.4 Å². The van der Waals surface area contributed by atoms with Crippen LogP contribution in [0.1, 0.15) is 16.7 Å². The predicted octanol–water partition coefficient (Wildman–Crippen LogP) is 2.86. The third-order valence-corrected chi connectivity index (χ3v) is 4.84. The Hall–Kier alpha value is -1.81. The monoisotopic (exact) mass is 275 g/mol. The molecule has 0 radical (unpaired) electrons. The molecule has 3 nitrogen and oxygen atoms in total. The molecule has 100 valence electrons. The number of aryl methyl sites for hydroxylation is 2. The largest absolute Gasteiger partial charge is 0.399 e. The standard InChI is InChI=1S/C15H17NO2S/c1-11-5-3-6-12(2)15(11)10-19(17,18)14-8-4-7-13(16)9-14/h3-9H,10,16H2,1-2H3. The van der Waals surface area contributed by atoms with Gasteiger partial charge in [-0.2, -0.15) is 0 Å². The lowest BCUT2D eigenvalue weighted by Crippen LogP contribution is -2.08. The topological polar surface area (TPSA) is 60.2 Å². The molecule has 0 bridgehead atoms. The van der Waals surface area contributed by atoms with E-state index in [4.69, 9.17) is 5.73 Å². The minimum absolute atomic E-state index is 0.00889. The van der Waals surface area contributed by atoms with Crippen LogP contribution in [-0.4, -0.2) is 8.42 Å². The van der Waals surface area contributed by atoms with Crippen LogP contribution < -0.4 is 5.73 Å². The summed E-state index contributed by atoms with van der Waals surface area (Å²) in [6.07, 6.45) is 0. The molecule has 2 aromatic carbocycles. The number of anilines is 1. The summed E-state index contributed by atoms with van der Waals surface area (Å²) < 4.78 is 24.8. The third-order valence-electron chi connectivity index (χ3n) is 3.20. The summed E-state index contributed by atoms with van der Waals surface area (Å²) in [5.74, 6) is 0.00889. The molecule has 0 aliphatic rings. The average Bonchev–Trinajstić information content (AvgIpc) is 2.34. The Morgan fingerprint density at radius 1 is 1.00 bits per heavy atom. The normalized spacial score (nSPS) is 11.5. The summed E-state index contributed by atoms with van der Waals surface area (Å²) in [5, 5.41) is 0. The molecule has 0 amide bonds. The highest BCUT2D eigenvalue weighted by atomic mass is 32.2. The molecular formula is C15H17NO2S. The number of benzene rings is 2. The van der Waals surface area contributed by atoms with E-state index in [0.29, 0.717) is 5.69 Å². The van der Waals surface area contributed by atoms with Gasteiger partial charge in [0.2, 0.25) is 0 Å². The fourth-order valence-electron chi connectivity index (χ4n) is 2.06. The first kappa shape index (κ1) is 13.6. The zero-order valence-corrected chi connectivity index (χ0v) is 11.9. The summed E-state index contributed by atoms with van der Waals surface area (Å²) in [6, 6.07) is 12.2. The van der Waals surface area contributed by atoms with E-state index < -0.39 is 9.84 Å². The molecule has 0 atom stereocenters. The van der Waals surface area contributed by atoms with Crippen molar-refractivity contribution in [1.29, 1.82) is 0 Å². The van der Waals surface area contributed by atoms with Crippen LogP contribution in [0.5, 0.6) is 0 Å². The van der Waals surface area contributed by atoms with Gasteiger partial charge >= 0.3 is 0 Å². The maximum Gasteiger partial charge on any atom is 0.182 e. The quantitative estimate of drug-likeness (QED) is 0.876. The number of rotatable bonds is 3. The maximum atomic E-state index is 12.4. The lowest BCUT2D eigenvalue weighted by Gasteiger charge is -2.10. The number of nitrogens with two attached hydrogens (primary N) is 1. The van der Waals surface area contributed by atoms with Crippen LogP contribution in [0.2, 0.25) is 0 Å². The van der Waals surface area contributed by atoms with E-state index in [1.807, 2.05) is 32.0 Å². The summed E-state index contributed by atoms with van der Waals surface area (Å²) in [6.45, 7) is 3.86. The lowest BCUT2D eigenvalue weighted by atomic mass is 10.1. The molecule has 0 saturated carbocycles. The molecule has 0 heterocycles. The van der Waals surface area contributed by atoms with E-state index in [-0.39, 0.29) is 10.6 Å². The molecule has 2 N–H and O–H groups in total. The first-order valence-electron chi connectivity index (χ1n) is 6.03. The molecule has 0 aromatic heterocycles. The van der Waals surface area contributed by atoms with Crippen molar-refractivity contribution >= 4 is 15.5 Å². The van der Waals surface area contributed by atoms with E-state index in [9.17, 15) is 8.42 Å². The van der Waals surface area contributed by atoms with Crippen molar-refractivity contribution in [1.82, 2.24) is 0 Å². The second kappa shape index (κ2) is 5.05. The highest BCUT2D eigenvalue weighted by molar-refractivity contribution is 7.90. The Bertz CT molecular complexity index is 686. The van der Waals surface area contributed by atoms with Crippen molar-refractivity contribution in [3.05, 3.63) is 59.2 Å². The van der Waals surface area contributed by atoms with Crippen molar-refractivity contribution in [3.8, 4) is 0 Å². The van der Waals surface area contributed by atoms with Crippen molar-refractivity contribution in [2.75, 3.05) is 5.73 Å². The Balaban J connectivity index is 2.42. The number of hydrogen-bond donors (Lipinski definition) is 1. The molecular weight excluding hydrogens is 258 g/mol. The molecule has 2 rings (SSSR count). The Morgan fingerprint density at radius 2 is 1.58 bits per heavy atom. The van der Waals surface area contributed by atoms with Gasteiger partial charge in [-0.05, 0) is 48.7 Å². The van der Waals surface area contributed by atoms with Gasteiger partial charge in [-0.3, -0.25) is 0 Å². The van der Waals surface area contributed by atoms with Gasteiger partial charge < -0.3 is 5.73 Å². The number of hydrogen-bond acceptors (Lipinski definition) is 3. The molecule has 0 saturated heterocycles. The molecule has 0 fully saturated rings. The smallest absolute Gasteiger partial charge is 0.182 e. The Labute approximate surface area is 114 Å². The molecule has 19 heavy (non-hydrogen) atoms. The summed E-state index contributed by atoms with van der Waals surface area (Å²) in [4.78, 5) is 0.273. The minimum atomic E-state index is -3.36. The van der Waals surface area contributed by atoms with E-state index >= 15 is 0 Å². The Morgan fingerprint density at radius 3 is 2.16 bits per heavy atom. The second-order valence-electron chi connectivity index (χ2n) is 4.70. The fraction of sp³-hybridized carbons (Fsp3) is 0.200. The van der Waals surface area contributed by atoms with Gasteiger partial charge in [0, 0.05) is 5.69 Å². The van der Waals surface area contributed by atoms with Gasteiger partial charge in [-0.25, -0.2) is 8.42 Å². The van der Waals surface area contributed by atoms with Crippen LogP contribution in [0.3, 0.4) is 0 Å². The minimum Gasteiger partial charge on any atom is -0.399 e. The van der Waals surface area contributed by atoms with E-state index in [2.05, 4.69) is 0 Å². The van der Waals surface area contributed by atoms with Gasteiger partial charge in [0.05, 0.1) is 10.6 Å². The Kier molecular flexibility index (Phi) is 3.62. The SMILES string of the molecule is Cc1cccc(C)c1CS(=O)(=O)c1cccc(N)c1. The van der Waals surface area contributed by atoms with Crippen LogP contribution in [0, 0.1) is 13.8 Å². The van der Waals surface area contributed by atoms with Gasteiger partial charge in [-0.1, -0.05) is 24.3 Å². The van der Waals surface area contributed by atoms with E-state index in [0.717, 1.165) is 16.7 Å². The van der Waals surface area contributed by atoms with Gasteiger partial charge in [0.25, 0.3) is 0 Å². The second-order valence-corrected chi connectivity index (χ2v) is 6.69. The predicted molar refractivity (Wildman–Crippen MR) is 77.7 cm³/mol. The van der Waals surface area contributed by atoms with Gasteiger partial charge in [0.15, 0.2) is 9.84 Å². The molecule has 2 aromatic rings. The summed E-state index contributed by atoms with van der Waals surface area (Å²) in [7, 11) is -3.36. The highest BCUT2D eigenvalue weighted by Crippen LogP contribution is 2.22. The van der Waals surface area contributed by atoms with Gasteiger partial charge in [-0.15, -0.1) is 0 Å². The van der Waals surface area contributed by atoms with E-state index in [1.165, 1.54) is 6.07 Å².